The fourth-order valence-electron chi connectivity index (χ4n) is 2.37. The second kappa shape index (κ2) is 7.02. The molecule has 0 bridgehead atoms. The lowest BCUT2D eigenvalue weighted by atomic mass is 10.2. The Kier molecular flexibility index (Phi) is 4.76. The summed E-state index contributed by atoms with van der Waals surface area (Å²) >= 11 is 0. The van der Waals surface area contributed by atoms with Crippen molar-refractivity contribution in [3.63, 3.8) is 0 Å². The van der Waals surface area contributed by atoms with Gasteiger partial charge in [0.2, 0.25) is 0 Å². The number of amides is 1. The lowest BCUT2D eigenvalue weighted by Crippen LogP contribution is -2.20. The Morgan fingerprint density at radius 1 is 1.11 bits per heavy atom. The van der Waals surface area contributed by atoms with Gasteiger partial charge in [-0.3, -0.25) is 4.79 Å². The average molecular weight is 379 g/mol. The molecule has 2 N–H and O–H groups in total. The van der Waals surface area contributed by atoms with Gasteiger partial charge in [-0.05, 0) is 30.3 Å². The fourth-order valence-corrected chi connectivity index (χ4v) is 2.37. The van der Waals surface area contributed by atoms with Gasteiger partial charge < -0.3 is 19.6 Å². The van der Waals surface area contributed by atoms with Crippen LogP contribution in [-0.2, 0) is 12.7 Å². The van der Waals surface area contributed by atoms with Crippen molar-refractivity contribution in [2.24, 2.45) is 0 Å². The van der Waals surface area contributed by atoms with E-state index < -0.39 is 17.8 Å². The molecule has 0 saturated heterocycles. The number of ether oxygens (including phenoxy) is 1. The molecule has 1 heterocycles. The van der Waals surface area contributed by atoms with Gasteiger partial charge in [-0.1, -0.05) is 6.07 Å². The molecule has 1 amide bonds. The Balaban J connectivity index is 1.92. The summed E-state index contributed by atoms with van der Waals surface area (Å²) in [6.45, 7) is -0.209. The van der Waals surface area contributed by atoms with Gasteiger partial charge in [-0.25, -0.2) is 4.79 Å². The first-order chi connectivity index (χ1) is 12.7. The second-order valence-electron chi connectivity index (χ2n) is 5.52. The van der Waals surface area contributed by atoms with Crippen LogP contribution in [0.5, 0.6) is 11.5 Å². The minimum atomic E-state index is -4.50. The van der Waals surface area contributed by atoms with Crippen LogP contribution in [0.15, 0.2) is 57.7 Å². The molecule has 0 spiro atoms. The zero-order valence-electron chi connectivity index (χ0n) is 13.5. The van der Waals surface area contributed by atoms with E-state index >= 15 is 0 Å². The quantitative estimate of drug-likeness (QED) is 0.703. The molecular formula is C18H12F3NO5. The number of hydrogen-bond acceptors (Lipinski definition) is 4. The molecule has 2 aromatic carbocycles. The zero-order valence-corrected chi connectivity index (χ0v) is 13.5. The van der Waals surface area contributed by atoms with Crippen molar-refractivity contribution in [2.75, 3.05) is 0 Å². The van der Waals surface area contributed by atoms with Crippen LogP contribution in [0.2, 0.25) is 0 Å². The monoisotopic (exact) mass is 379 g/mol. The SMILES string of the molecule is O=C(O)NCc1cc(=O)c2ccc(Oc3cccc(C(F)(F)F)c3)cc2o1. The number of fused-ring (bicyclic) bond motifs is 1. The molecule has 0 radical (unpaired) electrons. The van der Waals surface area contributed by atoms with Gasteiger partial charge in [0.15, 0.2) is 5.43 Å². The third kappa shape index (κ3) is 4.38. The van der Waals surface area contributed by atoms with E-state index in [1.165, 1.54) is 30.3 Å². The van der Waals surface area contributed by atoms with Crippen molar-refractivity contribution >= 4 is 17.1 Å². The first kappa shape index (κ1) is 18.3. The molecule has 3 rings (SSSR count). The number of carboxylic acid groups (broad SMARTS) is 1. The van der Waals surface area contributed by atoms with E-state index in [0.29, 0.717) is 0 Å². The Labute approximate surface area is 149 Å². The highest BCUT2D eigenvalue weighted by Gasteiger charge is 2.30. The second-order valence-corrected chi connectivity index (χ2v) is 5.52. The minimum Gasteiger partial charge on any atom is -0.465 e. The summed E-state index contributed by atoms with van der Waals surface area (Å²) < 4.78 is 49.2. The lowest BCUT2D eigenvalue weighted by Gasteiger charge is -2.10. The maximum atomic E-state index is 12.8. The molecule has 0 aliphatic heterocycles. The third-order valence-electron chi connectivity index (χ3n) is 3.56. The van der Waals surface area contributed by atoms with Crippen LogP contribution < -0.4 is 15.5 Å². The van der Waals surface area contributed by atoms with E-state index in [9.17, 15) is 22.8 Å². The Morgan fingerprint density at radius 2 is 1.85 bits per heavy atom. The first-order valence-electron chi connectivity index (χ1n) is 7.61. The molecular weight excluding hydrogens is 367 g/mol. The lowest BCUT2D eigenvalue weighted by molar-refractivity contribution is -0.137. The smallest absolute Gasteiger partial charge is 0.416 e. The van der Waals surface area contributed by atoms with Crippen LogP contribution in [0.4, 0.5) is 18.0 Å². The number of carbonyl (C=O) groups is 1. The van der Waals surface area contributed by atoms with E-state index in [0.717, 1.165) is 18.2 Å². The zero-order chi connectivity index (χ0) is 19.6. The summed E-state index contributed by atoms with van der Waals surface area (Å²) in [7, 11) is 0. The standard InChI is InChI=1S/C18H12F3NO5/c19-18(20,21)10-2-1-3-11(6-10)26-12-4-5-14-15(23)7-13(9-22-17(24)25)27-16(14)8-12/h1-8,22H,9H2,(H,24,25). The van der Waals surface area contributed by atoms with Gasteiger partial charge in [-0.2, -0.15) is 13.2 Å². The summed E-state index contributed by atoms with van der Waals surface area (Å²) in [5, 5.41) is 10.9. The van der Waals surface area contributed by atoms with Crippen LogP contribution >= 0.6 is 0 Å². The maximum Gasteiger partial charge on any atom is 0.416 e. The van der Waals surface area contributed by atoms with E-state index in [-0.39, 0.29) is 40.2 Å². The highest BCUT2D eigenvalue weighted by atomic mass is 19.4. The van der Waals surface area contributed by atoms with Crippen molar-refractivity contribution in [1.29, 1.82) is 0 Å². The van der Waals surface area contributed by atoms with Crippen molar-refractivity contribution in [1.82, 2.24) is 5.32 Å². The molecule has 0 aliphatic rings. The number of benzene rings is 2. The molecule has 0 fully saturated rings. The summed E-state index contributed by atoms with van der Waals surface area (Å²) in [6.07, 6.45) is -5.78. The predicted molar refractivity (Wildman–Crippen MR) is 88.9 cm³/mol. The van der Waals surface area contributed by atoms with Gasteiger partial charge in [0, 0.05) is 12.1 Å². The minimum absolute atomic E-state index is 0.0322. The van der Waals surface area contributed by atoms with E-state index in [2.05, 4.69) is 5.32 Å². The van der Waals surface area contributed by atoms with E-state index in [1.54, 1.807) is 0 Å². The van der Waals surface area contributed by atoms with Gasteiger partial charge in [0.1, 0.15) is 22.8 Å². The third-order valence-corrected chi connectivity index (χ3v) is 3.56. The van der Waals surface area contributed by atoms with Crippen LogP contribution in [-0.4, -0.2) is 11.2 Å². The first-order valence-corrected chi connectivity index (χ1v) is 7.61. The number of alkyl halides is 3. The molecule has 6 nitrogen and oxygen atoms in total. The van der Waals surface area contributed by atoms with Crippen LogP contribution in [0.3, 0.4) is 0 Å². The molecule has 0 saturated carbocycles. The molecule has 3 aromatic rings. The van der Waals surface area contributed by atoms with Crippen LogP contribution in [0.1, 0.15) is 11.3 Å². The van der Waals surface area contributed by atoms with Crippen molar-refractivity contribution in [3.8, 4) is 11.5 Å². The molecule has 1 aromatic heterocycles. The summed E-state index contributed by atoms with van der Waals surface area (Å²) in [4.78, 5) is 22.6. The molecule has 9 heteroatoms. The van der Waals surface area contributed by atoms with Crippen molar-refractivity contribution in [2.45, 2.75) is 12.7 Å². The largest absolute Gasteiger partial charge is 0.465 e. The van der Waals surface area contributed by atoms with Crippen LogP contribution in [0, 0.1) is 0 Å². The van der Waals surface area contributed by atoms with E-state index in [1.807, 2.05) is 0 Å². The Morgan fingerprint density at radius 3 is 2.56 bits per heavy atom. The topological polar surface area (TPSA) is 88.8 Å². The Bertz CT molecular complexity index is 1060. The average Bonchev–Trinajstić information content (AvgIpc) is 2.59. The summed E-state index contributed by atoms with van der Waals surface area (Å²) in [5.41, 5.74) is -1.12. The highest BCUT2D eigenvalue weighted by molar-refractivity contribution is 5.78. The number of nitrogens with one attached hydrogen (secondary N) is 1. The molecule has 0 aliphatic carbocycles. The maximum absolute atomic E-state index is 12.8. The number of halogens is 3. The molecule has 140 valence electrons. The normalized spacial score (nSPS) is 11.4. The number of rotatable bonds is 4. The van der Waals surface area contributed by atoms with Crippen molar-refractivity contribution < 1.29 is 32.2 Å². The predicted octanol–water partition coefficient (Wildman–Crippen LogP) is 4.37. The Hall–Kier alpha value is -3.49. The van der Waals surface area contributed by atoms with Gasteiger partial charge in [0.25, 0.3) is 0 Å². The molecule has 27 heavy (non-hydrogen) atoms. The fraction of sp³-hybridized carbons (Fsp3) is 0.111. The van der Waals surface area contributed by atoms with Gasteiger partial charge >= 0.3 is 12.3 Å². The number of hydrogen-bond donors (Lipinski definition) is 2. The highest BCUT2D eigenvalue weighted by Crippen LogP contribution is 2.33. The van der Waals surface area contributed by atoms with Gasteiger partial charge in [0.05, 0.1) is 17.5 Å². The summed E-state index contributed by atoms with van der Waals surface area (Å²) in [6, 6.07) is 9.71. The molecule has 0 unspecified atom stereocenters. The molecule has 0 atom stereocenters. The van der Waals surface area contributed by atoms with Crippen molar-refractivity contribution in [3.05, 3.63) is 70.1 Å². The van der Waals surface area contributed by atoms with Gasteiger partial charge in [-0.15, -0.1) is 0 Å². The van der Waals surface area contributed by atoms with E-state index in [4.69, 9.17) is 14.3 Å². The van der Waals surface area contributed by atoms with Crippen LogP contribution in [0.25, 0.3) is 11.0 Å². The summed E-state index contributed by atoms with van der Waals surface area (Å²) in [5.74, 6) is 0.217.